The van der Waals surface area contributed by atoms with E-state index in [1.54, 1.807) is 13.3 Å². The molecule has 6 nitrogen and oxygen atoms in total. The molecule has 0 aliphatic rings. The fourth-order valence-electron chi connectivity index (χ4n) is 2.50. The molecule has 0 atom stereocenters. The Hall–Kier alpha value is -3.15. The van der Waals surface area contributed by atoms with Crippen LogP contribution in [-0.4, -0.2) is 22.3 Å². The van der Waals surface area contributed by atoms with E-state index in [0.29, 0.717) is 18.3 Å². The van der Waals surface area contributed by atoms with Gasteiger partial charge in [0.2, 0.25) is 5.95 Å². The number of benzene rings is 2. The first-order chi connectivity index (χ1) is 12.2. The van der Waals surface area contributed by atoms with E-state index < -0.39 is 0 Å². The Bertz CT molecular complexity index is 828. The summed E-state index contributed by atoms with van der Waals surface area (Å²) in [5.41, 5.74) is 4.47. The molecule has 0 saturated carbocycles. The molecule has 0 unspecified atom stereocenters. The molecule has 2 N–H and O–H groups in total. The fraction of sp³-hybridized carbons (Fsp3) is 0.211. The molecule has 0 aliphatic heterocycles. The van der Waals surface area contributed by atoms with Crippen molar-refractivity contribution in [3.05, 3.63) is 65.4 Å². The normalized spacial score (nSPS) is 10.4. The van der Waals surface area contributed by atoms with Gasteiger partial charge >= 0.3 is 0 Å². The van der Waals surface area contributed by atoms with Crippen LogP contribution < -0.4 is 15.4 Å². The lowest BCUT2D eigenvalue weighted by Gasteiger charge is -2.12. The summed E-state index contributed by atoms with van der Waals surface area (Å²) in [4.78, 5) is 4.48. The number of rotatable bonds is 6. The Morgan fingerprint density at radius 1 is 1.00 bits per heavy atom. The Balaban J connectivity index is 1.68. The van der Waals surface area contributed by atoms with Gasteiger partial charge in [0, 0.05) is 12.2 Å². The van der Waals surface area contributed by atoms with Crippen molar-refractivity contribution in [2.24, 2.45) is 0 Å². The molecular formula is C19H21N5O. The lowest BCUT2D eigenvalue weighted by Crippen LogP contribution is -2.07. The maximum absolute atomic E-state index is 5.16. The average Bonchev–Trinajstić information content (AvgIpc) is 2.64. The van der Waals surface area contributed by atoms with Crippen LogP contribution in [0.2, 0.25) is 0 Å². The van der Waals surface area contributed by atoms with E-state index in [4.69, 9.17) is 4.74 Å². The highest BCUT2D eigenvalue weighted by Gasteiger charge is 2.05. The van der Waals surface area contributed by atoms with Gasteiger partial charge in [-0.3, -0.25) is 0 Å². The zero-order valence-electron chi connectivity index (χ0n) is 14.6. The van der Waals surface area contributed by atoms with Gasteiger partial charge in [0.05, 0.1) is 13.3 Å². The fourth-order valence-corrected chi connectivity index (χ4v) is 2.50. The molecule has 1 aromatic heterocycles. The summed E-state index contributed by atoms with van der Waals surface area (Å²) in [6.45, 7) is 4.73. The van der Waals surface area contributed by atoms with Gasteiger partial charge in [0.15, 0.2) is 5.82 Å². The molecule has 2 aromatic carbocycles. The van der Waals surface area contributed by atoms with Gasteiger partial charge < -0.3 is 15.4 Å². The van der Waals surface area contributed by atoms with Crippen molar-refractivity contribution in [3.8, 4) is 5.75 Å². The number of para-hydroxylation sites is 1. The first-order valence-electron chi connectivity index (χ1n) is 8.05. The lowest BCUT2D eigenvalue weighted by atomic mass is 10.1. The SMILES string of the molecule is COc1ccc(CNc2nncc(Nc3c(C)cccc3C)n2)cc1. The van der Waals surface area contributed by atoms with Crippen LogP contribution >= 0.6 is 0 Å². The second-order valence-corrected chi connectivity index (χ2v) is 5.76. The maximum Gasteiger partial charge on any atom is 0.244 e. The summed E-state index contributed by atoms with van der Waals surface area (Å²) < 4.78 is 5.16. The summed E-state index contributed by atoms with van der Waals surface area (Å²) in [5, 5.41) is 14.6. The number of hydrogen-bond acceptors (Lipinski definition) is 6. The molecule has 0 saturated heterocycles. The maximum atomic E-state index is 5.16. The van der Waals surface area contributed by atoms with Crippen molar-refractivity contribution in [1.82, 2.24) is 15.2 Å². The predicted octanol–water partition coefficient (Wildman–Crippen LogP) is 3.85. The number of aryl methyl sites for hydroxylation is 2. The molecule has 0 aliphatic carbocycles. The molecule has 25 heavy (non-hydrogen) atoms. The topological polar surface area (TPSA) is 72.0 Å². The average molecular weight is 335 g/mol. The molecule has 0 fully saturated rings. The third-order valence-corrected chi connectivity index (χ3v) is 3.90. The van der Waals surface area contributed by atoms with Crippen molar-refractivity contribution in [2.45, 2.75) is 20.4 Å². The number of nitrogens with one attached hydrogen (secondary N) is 2. The minimum atomic E-state index is 0.479. The zero-order valence-corrected chi connectivity index (χ0v) is 14.6. The van der Waals surface area contributed by atoms with Gasteiger partial charge in [-0.2, -0.15) is 10.1 Å². The zero-order chi connectivity index (χ0) is 17.6. The second kappa shape index (κ2) is 7.61. The molecule has 6 heteroatoms. The van der Waals surface area contributed by atoms with Crippen LogP contribution in [0.4, 0.5) is 17.5 Å². The van der Waals surface area contributed by atoms with Crippen LogP contribution in [0.1, 0.15) is 16.7 Å². The van der Waals surface area contributed by atoms with Crippen LogP contribution in [0.15, 0.2) is 48.7 Å². The van der Waals surface area contributed by atoms with Crippen LogP contribution in [0.5, 0.6) is 5.75 Å². The molecule has 128 valence electrons. The van der Waals surface area contributed by atoms with E-state index in [1.165, 1.54) is 0 Å². The van der Waals surface area contributed by atoms with E-state index in [2.05, 4.69) is 51.8 Å². The Morgan fingerprint density at radius 3 is 2.40 bits per heavy atom. The molecular weight excluding hydrogens is 314 g/mol. The monoisotopic (exact) mass is 335 g/mol. The molecule has 3 rings (SSSR count). The van der Waals surface area contributed by atoms with Crippen molar-refractivity contribution >= 4 is 17.5 Å². The minimum absolute atomic E-state index is 0.479. The van der Waals surface area contributed by atoms with Gasteiger partial charge in [-0.25, -0.2) is 0 Å². The standard InChI is InChI=1S/C19H21N5O/c1-13-5-4-6-14(2)18(13)22-17-12-21-24-19(23-17)20-11-15-7-9-16(25-3)10-8-15/h4-10,12H,11H2,1-3H3,(H2,20,22,23,24). The largest absolute Gasteiger partial charge is 0.497 e. The van der Waals surface area contributed by atoms with Gasteiger partial charge in [0.1, 0.15) is 5.75 Å². The van der Waals surface area contributed by atoms with Gasteiger partial charge in [-0.05, 0) is 42.7 Å². The molecule has 3 aromatic rings. The van der Waals surface area contributed by atoms with Gasteiger partial charge in [-0.1, -0.05) is 30.3 Å². The summed E-state index contributed by atoms with van der Waals surface area (Å²) in [7, 11) is 1.65. The summed E-state index contributed by atoms with van der Waals surface area (Å²) in [6.07, 6.45) is 1.62. The third-order valence-electron chi connectivity index (χ3n) is 3.90. The number of anilines is 3. The summed E-state index contributed by atoms with van der Waals surface area (Å²) in [5.74, 6) is 1.97. The third kappa shape index (κ3) is 4.23. The number of aromatic nitrogens is 3. The Labute approximate surface area is 147 Å². The van der Waals surface area contributed by atoms with Crippen molar-refractivity contribution in [3.63, 3.8) is 0 Å². The number of nitrogens with zero attached hydrogens (tertiary/aromatic N) is 3. The highest BCUT2D eigenvalue weighted by molar-refractivity contribution is 5.64. The lowest BCUT2D eigenvalue weighted by molar-refractivity contribution is 0.414. The molecule has 0 spiro atoms. The quantitative estimate of drug-likeness (QED) is 0.713. The van der Waals surface area contributed by atoms with Crippen LogP contribution in [-0.2, 0) is 6.54 Å². The molecule has 0 radical (unpaired) electrons. The smallest absolute Gasteiger partial charge is 0.244 e. The molecule has 1 heterocycles. The van der Waals surface area contributed by atoms with Crippen LogP contribution in [0.25, 0.3) is 0 Å². The number of methoxy groups -OCH3 is 1. The summed E-state index contributed by atoms with van der Waals surface area (Å²) in [6, 6.07) is 14.0. The predicted molar refractivity (Wildman–Crippen MR) is 99.3 cm³/mol. The molecule has 0 amide bonds. The first-order valence-corrected chi connectivity index (χ1v) is 8.05. The Morgan fingerprint density at radius 2 is 1.72 bits per heavy atom. The van der Waals surface area contributed by atoms with Gasteiger partial charge in [-0.15, -0.1) is 5.10 Å². The van der Waals surface area contributed by atoms with Crippen molar-refractivity contribution in [2.75, 3.05) is 17.7 Å². The van der Waals surface area contributed by atoms with Crippen molar-refractivity contribution in [1.29, 1.82) is 0 Å². The highest BCUT2D eigenvalue weighted by atomic mass is 16.5. The molecule has 0 bridgehead atoms. The van der Waals surface area contributed by atoms with Crippen LogP contribution in [0, 0.1) is 13.8 Å². The van der Waals surface area contributed by atoms with Gasteiger partial charge in [0.25, 0.3) is 0 Å². The number of ether oxygens (including phenoxy) is 1. The van der Waals surface area contributed by atoms with E-state index in [-0.39, 0.29) is 0 Å². The summed E-state index contributed by atoms with van der Waals surface area (Å²) >= 11 is 0. The van der Waals surface area contributed by atoms with E-state index >= 15 is 0 Å². The van der Waals surface area contributed by atoms with E-state index in [0.717, 1.165) is 28.1 Å². The van der Waals surface area contributed by atoms with E-state index in [1.807, 2.05) is 30.3 Å². The first kappa shape index (κ1) is 16.7. The van der Waals surface area contributed by atoms with Crippen LogP contribution in [0.3, 0.4) is 0 Å². The highest BCUT2D eigenvalue weighted by Crippen LogP contribution is 2.23. The Kier molecular flexibility index (Phi) is 5.09. The second-order valence-electron chi connectivity index (χ2n) is 5.76. The minimum Gasteiger partial charge on any atom is -0.497 e. The van der Waals surface area contributed by atoms with E-state index in [9.17, 15) is 0 Å². The van der Waals surface area contributed by atoms with Crippen molar-refractivity contribution < 1.29 is 4.74 Å². The number of hydrogen-bond donors (Lipinski definition) is 2.